The number of benzene rings is 2. The summed E-state index contributed by atoms with van der Waals surface area (Å²) in [5.74, 6) is -2.25. The summed E-state index contributed by atoms with van der Waals surface area (Å²) < 4.78 is 5.01. The molecule has 3 rings (SSSR count). The van der Waals surface area contributed by atoms with Gasteiger partial charge in [-0.05, 0) is 30.5 Å². The van der Waals surface area contributed by atoms with Crippen molar-refractivity contribution >= 4 is 23.7 Å². The summed E-state index contributed by atoms with van der Waals surface area (Å²) in [7, 11) is 0. The molecule has 0 aliphatic carbocycles. The standard InChI is InChI=1S/C22H22N2O5/c1-14(16-8-4-3-5-9-16)12-23-19(25)13-29-22(28)15(2)24-20(26)17-10-6-7-11-18(17)21(24)27/h3-11,14-15H,12-13H2,1-2H3,(H,23,25)/t14-,15-/m0/s1. The minimum absolute atomic E-state index is 0.105. The molecule has 2 aromatic rings. The van der Waals surface area contributed by atoms with E-state index in [0.29, 0.717) is 6.54 Å². The van der Waals surface area contributed by atoms with E-state index >= 15 is 0 Å². The lowest BCUT2D eigenvalue weighted by Gasteiger charge is -2.21. The Bertz CT molecular complexity index is 906. The highest BCUT2D eigenvalue weighted by molar-refractivity contribution is 6.22. The van der Waals surface area contributed by atoms with E-state index < -0.39 is 36.3 Å². The quantitative estimate of drug-likeness (QED) is 0.574. The molecule has 2 atom stereocenters. The van der Waals surface area contributed by atoms with Gasteiger partial charge in [0.15, 0.2) is 6.61 Å². The van der Waals surface area contributed by atoms with Crippen molar-refractivity contribution in [2.24, 2.45) is 0 Å². The first kappa shape index (κ1) is 20.3. The average Bonchev–Trinajstić information content (AvgIpc) is 3.00. The number of carbonyl (C=O) groups is 4. The number of nitrogens with zero attached hydrogens (tertiary/aromatic N) is 1. The molecule has 1 heterocycles. The fourth-order valence-electron chi connectivity index (χ4n) is 3.14. The van der Waals surface area contributed by atoms with Crippen molar-refractivity contribution in [2.45, 2.75) is 25.8 Å². The van der Waals surface area contributed by atoms with E-state index in [9.17, 15) is 19.2 Å². The second-order valence-electron chi connectivity index (χ2n) is 6.93. The second kappa shape index (κ2) is 8.68. The summed E-state index contributed by atoms with van der Waals surface area (Å²) in [6, 6.07) is 15.0. The van der Waals surface area contributed by atoms with E-state index in [-0.39, 0.29) is 17.0 Å². The molecule has 0 aromatic heterocycles. The summed E-state index contributed by atoms with van der Waals surface area (Å²) in [6.07, 6.45) is 0. The summed E-state index contributed by atoms with van der Waals surface area (Å²) in [4.78, 5) is 50.0. The molecule has 0 radical (unpaired) electrons. The maximum Gasteiger partial charge on any atom is 0.329 e. The number of nitrogens with one attached hydrogen (secondary N) is 1. The van der Waals surface area contributed by atoms with Gasteiger partial charge >= 0.3 is 5.97 Å². The van der Waals surface area contributed by atoms with Crippen molar-refractivity contribution in [2.75, 3.05) is 13.2 Å². The van der Waals surface area contributed by atoms with E-state index in [0.717, 1.165) is 10.5 Å². The first-order chi connectivity index (χ1) is 13.9. The third kappa shape index (κ3) is 4.34. The number of imide groups is 1. The Labute approximate surface area is 168 Å². The molecule has 0 saturated carbocycles. The number of rotatable bonds is 7. The zero-order chi connectivity index (χ0) is 21.0. The third-order valence-corrected chi connectivity index (χ3v) is 4.87. The summed E-state index contributed by atoms with van der Waals surface area (Å²) >= 11 is 0. The van der Waals surface area contributed by atoms with E-state index in [1.807, 2.05) is 37.3 Å². The van der Waals surface area contributed by atoms with Crippen LogP contribution in [-0.2, 0) is 14.3 Å². The van der Waals surface area contributed by atoms with Crippen molar-refractivity contribution < 1.29 is 23.9 Å². The summed E-state index contributed by atoms with van der Waals surface area (Å²) in [5, 5.41) is 2.71. The van der Waals surface area contributed by atoms with Crippen LogP contribution >= 0.6 is 0 Å². The highest BCUT2D eigenvalue weighted by atomic mass is 16.5. The van der Waals surface area contributed by atoms with Gasteiger partial charge in [0.2, 0.25) is 0 Å². The molecule has 7 nitrogen and oxygen atoms in total. The van der Waals surface area contributed by atoms with Crippen molar-refractivity contribution in [1.29, 1.82) is 0 Å². The van der Waals surface area contributed by atoms with Crippen LogP contribution in [0.2, 0.25) is 0 Å². The molecule has 3 amide bonds. The number of hydrogen-bond acceptors (Lipinski definition) is 5. The predicted octanol–water partition coefficient (Wildman–Crippen LogP) is 2.13. The molecule has 2 aromatic carbocycles. The number of carbonyl (C=O) groups excluding carboxylic acids is 4. The molecule has 0 bridgehead atoms. The average molecular weight is 394 g/mol. The van der Waals surface area contributed by atoms with E-state index in [1.54, 1.807) is 12.1 Å². The molecule has 1 aliphatic rings. The largest absolute Gasteiger partial charge is 0.454 e. The van der Waals surface area contributed by atoms with Gasteiger partial charge in [-0.25, -0.2) is 4.79 Å². The number of hydrogen-bond donors (Lipinski definition) is 1. The molecule has 0 fully saturated rings. The molecule has 150 valence electrons. The molecule has 1 aliphatic heterocycles. The predicted molar refractivity (Wildman–Crippen MR) is 105 cm³/mol. The first-order valence-electron chi connectivity index (χ1n) is 9.35. The van der Waals surface area contributed by atoms with E-state index in [2.05, 4.69) is 5.32 Å². The van der Waals surface area contributed by atoms with Gasteiger partial charge in [0.05, 0.1) is 11.1 Å². The summed E-state index contributed by atoms with van der Waals surface area (Å²) in [5.41, 5.74) is 1.60. The lowest BCUT2D eigenvalue weighted by molar-refractivity contribution is -0.151. The molecule has 1 N–H and O–H groups in total. The first-order valence-corrected chi connectivity index (χ1v) is 9.35. The van der Waals surface area contributed by atoms with Crippen LogP contribution in [0.25, 0.3) is 0 Å². The van der Waals surface area contributed by atoms with E-state index in [4.69, 9.17) is 4.74 Å². The van der Waals surface area contributed by atoms with Gasteiger partial charge in [-0.1, -0.05) is 49.4 Å². The maximum absolute atomic E-state index is 12.4. The van der Waals surface area contributed by atoms with Gasteiger partial charge in [0.1, 0.15) is 6.04 Å². The van der Waals surface area contributed by atoms with Gasteiger partial charge in [0.25, 0.3) is 17.7 Å². The van der Waals surface area contributed by atoms with Gasteiger partial charge in [-0.15, -0.1) is 0 Å². The minimum atomic E-state index is -1.13. The highest BCUT2D eigenvalue weighted by Crippen LogP contribution is 2.24. The molecule has 7 heteroatoms. The van der Waals surface area contributed by atoms with Gasteiger partial charge < -0.3 is 10.1 Å². The van der Waals surface area contributed by atoms with Crippen LogP contribution in [0.15, 0.2) is 54.6 Å². The number of amides is 3. The smallest absolute Gasteiger partial charge is 0.329 e. The Kier molecular flexibility index (Phi) is 6.07. The Morgan fingerprint density at radius 1 is 0.931 bits per heavy atom. The van der Waals surface area contributed by atoms with Crippen molar-refractivity contribution in [1.82, 2.24) is 10.2 Å². The Morgan fingerprint density at radius 3 is 2.07 bits per heavy atom. The van der Waals surface area contributed by atoms with Crippen LogP contribution in [0.5, 0.6) is 0 Å². The SMILES string of the molecule is C[C@@H](CNC(=O)COC(=O)[C@H](C)N1C(=O)c2ccccc2C1=O)c1ccccc1. The maximum atomic E-state index is 12.4. The fraction of sp³-hybridized carbons (Fsp3) is 0.273. The third-order valence-electron chi connectivity index (χ3n) is 4.87. The van der Waals surface area contributed by atoms with Gasteiger partial charge in [-0.2, -0.15) is 0 Å². The lowest BCUT2D eigenvalue weighted by atomic mass is 10.0. The van der Waals surface area contributed by atoms with Crippen LogP contribution < -0.4 is 5.32 Å². The van der Waals surface area contributed by atoms with E-state index in [1.165, 1.54) is 19.1 Å². The van der Waals surface area contributed by atoms with Gasteiger partial charge in [0, 0.05) is 6.54 Å². The van der Waals surface area contributed by atoms with Crippen LogP contribution in [0.4, 0.5) is 0 Å². The second-order valence-corrected chi connectivity index (χ2v) is 6.93. The zero-order valence-corrected chi connectivity index (χ0v) is 16.3. The van der Waals surface area contributed by atoms with Crippen molar-refractivity contribution in [3.05, 3.63) is 71.3 Å². The number of ether oxygens (including phenoxy) is 1. The van der Waals surface area contributed by atoms with Crippen LogP contribution in [-0.4, -0.2) is 47.8 Å². The molecule has 0 spiro atoms. The van der Waals surface area contributed by atoms with Gasteiger partial charge in [-0.3, -0.25) is 19.3 Å². The molecular formula is C22H22N2O5. The monoisotopic (exact) mass is 394 g/mol. The highest BCUT2D eigenvalue weighted by Gasteiger charge is 2.41. The molecular weight excluding hydrogens is 372 g/mol. The Hall–Kier alpha value is -3.48. The molecule has 0 unspecified atom stereocenters. The van der Waals surface area contributed by atoms with Crippen LogP contribution in [0.3, 0.4) is 0 Å². The Morgan fingerprint density at radius 2 is 1.48 bits per heavy atom. The summed E-state index contributed by atoms with van der Waals surface area (Å²) in [6.45, 7) is 3.30. The van der Waals surface area contributed by atoms with Crippen LogP contribution in [0.1, 0.15) is 46.0 Å². The zero-order valence-electron chi connectivity index (χ0n) is 16.3. The Balaban J connectivity index is 1.50. The molecule has 29 heavy (non-hydrogen) atoms. The number of esters is 1. The van der Waals surface area contributed by atoms with Crippen molar-refractivity contribution in [3.63, 3.8) is 0 Å². The normalized spacial score (nSPS) is 14.9. The van der Waals surface area contributed by atoms with Crippen LogP contribution in [0, 0.1) is 0 Å². The van der Waals surface area contributed by atoms with Crippen molar-refractivity contribution in [3.8, 4) is 0 Å². The molecule has 0 saturated heterocycles. The lowest BCUT2D eigenvalue weighted by Crippen LogP contribution is -2.44. The topological polar surface area (TPSA) is 92.8 Å². The number of fused-ring (bicyclic) bond motifs is 1. The fourth-order valence-corrected chi connectivity index (χ4v) is 3.14. The minimum Gasteiger partial charge on any atom is -0.454 e.